The van der Waals surface area contributed by atoms with E-state index in [-0.39, 0.29) is 0 Å². The zero-order valence-corrected chi connectivity index (χ0v) is 27.9. The second kappa shape index (κ2) is 14.5. The van der Waals surface area contributed by atoms with Crippen molar-refractivity contribution in [2.45, 2.75) is 25.2 Å². The summed E-state index contributed by atoms with van der Waals surface area (Å²) >= 11 is 0. The number of rotatable bonds is 12. The van der Waals surface area contributed by atoms with Gasteiger partial charge in [0.25, 0.3) is 0 Å². The van der Waals surface area contributed by atoms with Gasteiger partial charge in [0.05, 0.1) is 11.2 Å². The van der Waals surface area contributed by atoms with Gasteiger partial charge in [0.2, 0.25) is 0 Å². The minimum Gasteiger partial charge on any atom is -0.489 e. The lowest BCUT2D eigenvalue weighted by atomic mass is 9.77. The fourth-order valence-corrected chi connectivity index (χ4v) is 6.52. The zero-order valence-electron chi connectivity index (χ0n) is 27.9. The van der Waals surface area contributed by atoms with Crippen molar-refractivity contribution in [1.29, 1.82) is 0 Å². The van der Waals surface area contributed by atoms with E-state index in [4.69, 9.17) is 24.8 Å². The molecule has 0 aliphatic heterocycles. The lowest BCUT2D eigenvalue weighted by Gasteiger charge is -2.34. The molecular weight excluding hydrogens is 631 g/mol. The maximum absolute atomic E-state index is 6.24. The summed E-state index contributed by atoms with van der Waals surface area (Å²) < 4.78 is 12.3. The van der Waals surface area contributed by atoms with E-state index in [0.717, 1.165) is 55.9 Å². The van der Waals surface area contributed by atoms with Crippen LogP contribution < -0.4 is 9.47 Å². The Labute approximate surface area is 296 Å². The first-order valence-electron chi connectivity index (χ1n) is 17.0. The van der Waals surface area contributed by atoms with Crippen LogP contribution in [0.1, 0.15) is 39.3 Å². The van der Waals surface area contributed by atoms with Gasteiger partial charge in [-0.3, -0.25) is 0 Å². The largest absolute Gasteiger partial charge is 0.489 e. The van der Waals surface area contributed by atoms with Crippen LogP contribution in [0.2, 0.25) is 0 Å². The summed E-state index contributed by atoms with van der Waals surface area (Å²) in [6.07, 6.45) is 0.504. The van der Waals surface area contributed by atoms with Gasteiger partial charge in [-0.05, 0) is 69.4 Å². The second-order valence-corrected chi connectivity index (χ2v) is 12.3. The smallest absolute Gasteiger partial charge is 0.179 e. The van der Waals surface area contributed by atoms with Crippen molar-refractivity contribution >= 4 is 10.9 Å². The van der Waals surface area contributed by atoms with Gasteiger partial charge in [0.1, 0.15) is 24.7 Å². The minimum absolute atomic E-state index is 0.389. The molecule has 8 aromatic rings. The second-order valence-electron chi connectivity index (χ2n) is 12.3. The third-order valence-electron chi connectivity index (χ3n) is 9.06. The monoisotopic (exact) mass is 665 g/mol. The SMILES string of the molecule is c1ccc(C(c2ccccc2)(c2ccccc2)n2nnc(Cc3ccccc3COc3ccc(OCc4ccc5ccccc5n4)cc3)n2)cc1. The normalized spacial score (nSPS) is 11.4. The summed E-state index contributed by atoms with van der Waals surface area (Å²) in [5, 5.41) is 15.5. The predicted octanol–water partition coefficient (Wildman–Crippen LogP) is 8.81. The number of fused-ring (bicyclic) bond motifs is 1. The van der Waals surface area contributed by atoms with Crippen LogP contribution in [0.15, 0.2) is 176 Å². The Bertz CT molecular complexity index is 2250. The number of pyridine rings is 1. The Balaban J connectivity index is 0.994. The van der Waals surface area contributed by atoms with Crippen molar-refractivity contribution in [3.8, 4) is 11.5 Å². The molecule has 7 heteroatoms. The van der Waals surface area contributed by atoms with Crippen LogP contribution in [0.4, 0.5) is 0 Å². The molecule has 0 N–H and O–H groups in total. The third-order valence-corrected chi connectivity index (χ3v) is 9.06. The number of ether oxygens (including phenoxy) is 2. The van der Waals surface area contributed by atoms with Gasteiger partial charge < -0.3 is 9.47 Å². The Hall–Kier alpha value is -6.60. The Kier molecular flexibility index (Phi) is 8.99. The van der Waals surface area contributed by atoms with E-state index < -0.39 is 5.54 Å². The topological polar surface area (TPSA) is 75.0 Å². The number of benzene rings is 6. The van der Waals surface area contributed by atoms with Gasteiger partial charge in [-0.15, -0.1) is 15.0 Å². The number of nitrogens with zero attached hydrogens (tertiary/aromatic N) is 5. The molecule has 0 aliphatic rings. The molecule has 0 aliphatic carbocycles. The number of para-hydroxylation sites is 1. The average molecular weight is 666 g/mol. The standard InChI is InChI=1S/C44H35N5O2/c1-4-17-36(18-5-1)44(37-19-6-2-7-20-37,38-21-8-3-9-22-38)49-47-43(46-48-49)30-34-15-10-11-16-35(34)31-50-40-26-28-41(29-27-40)51-32-39-25-24-33-14-12-13-23-42(33)45-39/h1-29H,30-32H2. The van der Waals surface area contributed by atoms with Crippen molar-refractivity contribution in [1.82, 2.24) is 25.2 Å². The lowest BCUT2D eigenvalue weighted by Crippen LogP contribution is -2.39. The summed E-state index contributed by atoms with van der Waals surface area (Å²) in [7, 11) is 0. The molecule has 0 fully saturated rings. The number of aromatic nitrogens is 5. The van der Waals surface area contributed by atoms with Gasteiger partial charge >= 0.3 is 0 Å². The van der Waals surface area contributed by atoms with Crippen LogP contribution in [0.25, 0.3) is 10.9 Å². The Morgan fingerprint density at radius 3 is 1.65 bits per heavy atom. The maximum atomic E-state index is 6.24. The van der Waals surface area contributed by atoms with Crippen molar-refractivity contribution in [2.75, 3.05) is 0 Å². The highest BCUT2D eigenvalue weighted by molar-refractivity contribution is 5.78. The predicted molar refractivity (Wildman–Crippen MR) is 199 cm³/mol. The molecular formula is C44H35N5O2. The van der Waals surface area contributed by atoms with E-state index in [2.05, 4.69) is 65.8 Å². The molecule has 2 aromatic heterocycles. The number of tetrazole rings is 1. The zero-order chi connectivity index (χ0) is 34.3. The van der Waals surface area contributed by atoms with Crippen LogP contribution in [-0.4, -0.2) is 25.2 Å². The fourth-order valence-electron chi connectivity index (χ4n) is 6.52. The molecule has 8 rings (SSSR count). The third kappa shape index (κ3) is 6.70. The van der Waals surface area contributed by atoms with Gasteiger partial charge in [-0.1, -0.05) is 140 Å². The molecule has 0 saturated carbocycles. The maximum Gasteiger partial charge on any atom is 0.179 e. The molecule has 7 nitrogen and oxygen atoms in total. The molecule has 248 valence electrons. The molecule has 0 radical (unpaired) electrons. The molecule has 2 heterocycles. The molecule has 6 aromatic carbocycles. The molecule has 51 heavy (non-hydrogen) atoms. The highest BCUT2D eigenvalue weighted by atomic mass is 16.5. The van der Waals surface area contributed by atoms with Gasteiger partial charge in [-0.2, -0.15) is 0 Å². The van der Waals surface area contributed by atoms with Crippen molar-refractivity contribution in [3.63, 3.8) is 0 Å². The van der Waals surface area contributed by atoms with E-state index in [0.29, 0.717) is 25.5 Å². The molecule has 0 atom stereocenters. The first-order chi connectivity index (χ1) is 25.3. The highest BCUT2D eigenvalue weighted by Crippen LogP contribution is 2.39. The van der Waals surface area contributed by atoms with Crippen LogP contribution in [0, 0.1) is 0 Å². The Morgan fingerprint density at radius 1 is 0.490 bits per heavy atom. The highest BCUT2D eigenvalue weighted by Gasteiger charge is 2.41. The molecule has 0 bridgehead atoms. The Morgan fingerprint density at radius 2 is 1.02 bits per heavy atom. The van der Waals surface area contributed by atoms with Crippen molar-refractivity contribution in [2.24, 2.45) is 0 Å². The van der Waals surface area contributed by atoms with E-state index in [9.17, 15) is 0 Å². The van der Waals surface area contributed by atoms with Crippen molar-refractivity contribution < 1.29 is 9.47 Å². The first kappa shape index (κ1) is 31.7. The lowest BCUT2D eigenvalue weighted by molar-refractivity contribution is 0.294. The minimum atomic E-state index is -0.820. The van der Waals surface area contributed by atoms with Crippen LogP contribution >= 0.6 is 0 Å². The summed E-state index contributed by atoms with van der Waals surface area (Å²) in [6, 6.07) is 59.2. The average Bonchev–Trinajstić information content (AvgIpc) is 3.67. The van der Waals surface area contributed by atoms with Crippen LogP contribution in [-0.2, 0) is 25.2 Å². The fraction of sp³-hybridized carbons (Fsp3) is 0.0909. The van der Waals surface area contributed by atoms with E-state index in [1.807, 2.05) is 115 Å². The summed E-state index contributed by atoms with van der Waals surface area (Å²) in [4.78, 5) is 6.46. The van der Waals surface area contributed by atoms with E-state index in [1.54, 1.807) is 4.80 Å². The first-order valence-corrected chi connectivity index (χ1v) is 17.0. The summed E-state index contributed by atoms with van der Waals surface area (Å²) in [5.41, 5.74) is 6.28. The quantitative estimate of drug-likeness (QED) is 0.122. The van der Waals surface area contributed by atoms with Gasteiger partial charge in [-0.25, -0.2) is 4.98 Å². The molecule has 0 saturated heterocycles. The molecule has 0 spiro atoms. The van der Waals surface area contributed by atoms with Gasteiger partial charge in [0, 0.05) is 11.8 Å². The number of hydrogen-bond acceptors (Lipinski definition) is 6. The summed E-state index contributed by atoms with van der Waals surface area (Å²) in [5.74, 6) is 2.13. The van der Waals surface area contributed by atoms with E-state index in [1.165, 1.54) is 0 Å². The van der Waals surface area contributed by atoms with E-state index >= 15 is 0 Å². The summed E-state index contributed by atoms with van der Waals surface area (Å²) in [6.45, 7) is 0.785. The molecule has 0 amide bonds. The van der Waals surface area contributed by atoms with Gasteiger partial charge in [0.15, 0.2) is 11.4 Å². The van der Waals surface area contributed by atoms with Crippen LogP contribution in [0.3, 0.4) is 0 Å². The van der Waals surface area contributed by atoms with Crippen LogP contribution in [0.5, 0.6) is 11.5 Å². The van der Waals surface area contributed by atoms with Crippen molar-refractivity contribution in [3.05, 3.63) is 215 Å². The number of hydrogen-bond donors (Lipinski definition) is 0. The molecule has 0 unspecified atom stereocenters.